The van der Waals surface area contributed by atoms with Gasteiger partial charge in [-0.05, 0) is 26.0 Å². The average Bonchev–Trinajstić information content (AvgIpc) is 2.52. The second kappa shape index (κ2) is 3.86. The van der Waals surface area contributed by atoms with Crippen LogP contribution in [0.3, 0.4) is 0 Å². The maximum atomic E-state index is 5.34. The first-order chi connectivity index (χ1) is 5.38. The molecular weight excluding hydrogens is 140 g/mol. The molecule has 0 atom stereocenters. The molecule has 2 heteroatoms. The van der Waals surface area contributed by atoms with Crippen LogP contribution in [0, 0.1) is 0 Å². The van der Waals surface area contributed by atoms with E-state index in [-0.39, 0.29) is 0 Å². The molecule has 0 aliphatic heterocycles. The molecule has 0 saturated carbocycles. The monoisotopic (exact) mass is 152 g/mol. The number of hydrogen-bond acceptors (Lipinski definition) is 2. The van der Waals surface area contributed by atoms with Crippen LogP contribution in [-0.2, 0) is 4.74 Å². The van der Waals surface area contributed by atoms with Gasteiger partial charge in [0.15, 0.2) is 0 Å². The van der Waals surface area contributed by atoms with Crippen molar-refractivity contribution in [1.29, 1.82) is 0 Å². The Morgan fingerprint density at radius 3 is 3.00 bits per heavy atom. The van der Waals surface area contributed by atoms with Crippen molar-refractivity contribution in [1.82, 2.24) is 0 Å². The largest absolute Gasteiger partial charge is 0.493 e. The third-order valence-corrected chi connectivity index (χ3v) is 1.37. The van der Waals surface area contributed by atoms with Gasteiger partial charge < -0.3 is 9.15 Å². The fourth-order valence-electron chi connectivity index (χ4n) is 0.894. The summed E-state index contributed by atoms with van der Waals surface area (Å²) in [6.07, 6.45) is 5.23. The third kappa shape index (κ3) is 1.87. The van der Waals surface area contributed by atoms with E-state index >= 15 is 0 Å². The number of hydrogen-bond donors (Lipinski definition) is 0. The normalized spacial score (nSPS) is 11.6. The smallest absolute Gasteiger partial charge is 0.125 e. The van der Waals surface area contributed by atoms with Gasteiger partial charge in [-0.3, -0.25) is 0 Å². The van der Waals surface area contributed by atoms with Crippen molar-refractivity contribution in [3.63, 3.8) is 0 Å². The van der Waals surface area contributed by atoms with E-state index in [1.54, 1.807) is 12.5 Å². The van der Waals surface area contributed by atoms with Crippen LogP contribution in [0.2, 0.25) is 0 Å². The fourth-order valence-corrected chi connectivity index (χ4v) is 0.894. The standard InChI is InChI=1S/C9H12O2/c1-3-9(11-4-2)8-5-6-10-7-8/h3,5-7H,4H2,1-2H3. The first-order valence-electron chi connectivity index (χ1n) is 3.70. The minimum atomic E-state index is 0.685. The summed E-state index contributed by atoms with van der Waals surface area (Å²) < 4.78 is 10.3. The lowest BCUT2D eigenvalue weighted by molar-refractivity contribution is 0.297. The molecule has 1 aromatic heterocycles. The van der Waals surface area contributed by atoms with E-state index in [4.69, 9.17) is 9.15 Å². The van der Waals surface area contributed by atoms with Crippen LogP contribution in [0.5, 0.6) is 0 Å². The minimum Gasteiger partial charge on any atom is -0.493 e. The number of rotatable bonds is 3. The van der Waals surface area contributed by atoms with Crippen LogP contribution < -0.4 is 0 Å². The highest BCUT2D eigenvalue weighted by molar-refractivity contribution is 5.57. The minimum absolute atomic E-state index is 0.685. The third-order valence-electron chi connectivity index (χ3n) is 1.37. The summed E-state index contributed by atoms with van der Waals surface area (Å²) in [5.74, 6) is 0.876. The van der Waals surface area contributed by atoms with E-state index in [1.807, 2.05) is 26.0 Å². The summed E-state index contributed by atoms with van der Waals surface area (Å²) in [4.78, 5) is 0. The molecule has 0 spiro atoms. The van der Waals surface area contributed by atoms with E-state index in [0.717, 1.165) is 11.3 Å². The summed E-state index contributed by atoms with van der Waals surface area (Å²) in [5.41, 5.74) is 0.995. The molecule has 1 aromatic rings. The molecule has 0 N–H and O–H groups in total. The Bertz CT molecular complexity index is 222. The molecule has 0 amide bonds. The zero-order chi connectivity index (χ0) is 8.10. The van der Waals surface area contributed by atoms with Crippen LogP contribution in [-0.4, -0.2) is 6.61 Å². The van der Waals surface area contributed by atoms with Crippen molar-refractivity contribution in [2.24, 2.45) is 0 Å². The van der Waals surface area contributed by atoms with Crippen molar-refractivity contribution >= 4 is 5.76 Å². The SMILES string of the molecule is CC=C(OCC)c1ccoc1. The molecule has 0 fully saturated rings. The van der Waals surface area contributed by atoms with Crippen LogP contribution in [0.4, 0.5) is 0 Å². The van der Waals surface area contributed by atoms with Gasteiger partial charge in [0.25, 0.3) is 0 Å². The van der Waals surface area contributed by atoms with Crippen LogP contribution in [0.25, 0.3) is 5.76 Å². The molecule has 1 heterocycles. The van der Waals surface area contributed by atoms with Gasteiger partial charge in [-0.15, -0.1) is 0 Å². The Morgan fingerprint density at radius 2 is 2.55 bits per heavy atom. The van der Waals surface area contributed by atoms with E-state index in [9.17, 15) is 0 Å². The van der Waals surface area contributed by atoms with E-state index in [1.165, 1.54) is 0 Å². The lowest BCUT2D eigenvalue weighted by atomic mass is 10.3. The fraction of sp³-hybridized carbons (Fsp3) is 0.333. The highest BCUT2D eigenvalue weighted by Gasteiger charge is 2.00. The molecule has 1 rings (SSSR count). The van der Waals surface area contributed by atoms with Crippen molar-refractivity contribution in [2.75, 3.05) is 6.61 Å². The predicted octanol–water partition coefficient (Wildman–Crippen LogP) is 2.68. The summed E-state index contributed by atoms with van der Waals surface area (Å²) in [6.45, 7) is 4.59. The summed E-state index contributed by atoms with van der Waals surface area (Å²) in [6, 6.07) is 1.88. The summed E-state index contributed by atoms with van der Waals surface area (Å²) >= 11 is 0. The molecule has 0 aliphatic rings. The maximum absolute atomic E-state index is 5.34. The molecule has 0 radical (unpaired) electrons. The average molecular weight is 152 g/mol. The zero-order valence-corrected chi connectivity index (χ0v) is 6.83. The molecule has 11 heavy (non-hydrogen) atoms. The molecule has 0 aromatic carbocycles. The number of allylic oxidation sites excluding steroid dienone is 1. The zero-order valence-electron chi connectivity index (χ0n) is 6.83. The predicted molar refractivity (Wildman–Crippen MR) is 44.0 cm³/mol. The second-order valence-electron chi connectivity index (χ2n) is 2.10. The molecular formula is C9H12O2. The Morgan fingerprint density at radius 1 is 1.73 bits per heavy atom. The van der Waals surface area contributed by atoms with Gasteiger partial charge in [-0.25, -0.2) is 0 Å². The van der Waals surface area contributed by atoms with Gasteiger partial charge >= 0.3 is 0 Å². The van der Waals surface area contributed by atoms with E-state index in [0.29, 0.717) is 6.61 Å². The van der Waals surface area contributed by atoms with Crippen molar-refractivity contribution in [3.8, 4) is 0 Å². The number of ether oxygens (including phenoxy) is 1. The summed E-state index contributed by atoms with van der Waals surface area (Å²) in [7, 11) is 0. The van der Waals surface area contributed by atoms with Crippen LogP contribution in [0.15, 0.2) is 29.1 Å². The van der Waals surface area contributed by atoms with Gasteiger partial charge in [-0.1, -0.05) is 0 Å². The summed E-state index contributed by atoms with van der Waals surface area (Å²) in [5, 5.41) is 0. The van der Waals surface area contributed by atoms with Crippen LogP contribution in [0.1, 0.15) is 19.4 Å². The number of furan rings is 1. The van der Waals surface area contributed by atoms with Gasteiger partial charge in [0, 0.05) is 0 Å². The second-order valence-corrected chi connectivity index (χ2v) is 2.10. The highest BCUT2D eigenvalue weighted by atomic mass is 16.5. The molecule has 0 unspecified atom stereocenters. The quantitative estimate of drug-likeness (QED) is 0.621. The van der Waals surface area contributed by atoms with Gasteiger partial charge in [0.05, 0.1) is 18.4 Å². The Balaban J connectivity index is 2.72. The highest BCUT2D eigenvalue weighted by Crippen LogP contribution is 2.15. The van der Waals surface area contributed by atoms with Gasteiger partial charge in [-0.2, -0.15) is 0 Å². The van der Waals surface area contributed by atoms with Gasteiger partial charge in [0.2, 0.25) is 0 Å². The molecule has 0 aliphatic carbocycles. The topological polar surface area (TPSA) is 22.4 Å². The van der Waals surface area contributed by atoms with Crippen molar-refractivity contribution in [3.05, 3.63) is 30.2 Å². The molecule has 0 saturated heterocycles. The van der Waals surface area contributed by atoms with E-state index in [2.05, 4.69) is 0 Å². The van der Waals surface area contributed by atoms with Crippen molar-refractivity contribution in [2.45, 2.75) is 13.8 Å². The molecule has 2 nitrogen and oxygen atoms in total. The Kier molecular flexibility index (Phi) is 2.78. The first-order valence-corrected chi connectivity index (χ1v) is 3.70. The van der Waals surface area contributed by atoms with Gasteiger partial charge in [0.1, 0.15) is 12.0 Å². The Hall–Kier alpha value is -1.18. The Labute approximate surface area is 66.5 Å². The lowest BCUT2D eigenvalue weighted by Crippen LogP contribution is -1.88. The van der Waals surface area contributed by atoms with Crippen molar-refractivity contribution < 1.29 is 9.15 Å². The maximum Gasteiger partial charge on any atom is 0.125 e. The molecule has 0 bridgehead atoms. The molecule has 60 valence electrons. The lowest BCUT2D eigenvalue weighted by Gasteiger charge is -2.03. The first kappa shape index (κ1) is 7.92. The van der Waals surface area contributed by atoms with Crippen LogP contribution >= 0.6 is 0 Å². The van der Waals surface area contributed by atoms with E-state index < -0.39 is 0 Å².